The fourth-order valence-corrected chi connectivity index (χ4v) is 2.80. The lowest BCUT2D eigenvalue weighted by Gasteiger charge is -2.29. The first kappa shape index (κ1) is 12.4. The van der Waals surface area contributed by atoms with Crippen molar-refractivity contribution in [3.63, 3.8) is 0 Å². The Morgan fingerprint density at radius 3 is 2.65 bits per heavy atom. The molecule has 2 nitrogen and oxygen atoms in total. The van der Waals surface area contributed by atoms with Gasteiger partial charge in [0.2, 0.25) is 0 Å². The molecule has 0 bridgehead atoms. The van der Waals surface area contributed by atoms with Gasteiger partial charge in [-0.15, -0.1) is 0 Å². The fourth-order valence-electron chi connectivity index (χ4n) is 2.80. The summed E-state index contributed by atoms with van der Waals surface area (Å²) in [5.74, 6) is 2.43. The maximum atomic E-state index is 5.62. The van der Waals surface area contributed by atoms with Gasteiger partial charge in [-0.2, -0.15) is 0 Å². The number of rotatable bonds is 2. The lowest BCUT2D eigenvalue weighted by atomic mass is 9.84. The molecule has 0 spiro atoms. The number of aryl methyl sites for hydroxylation is 1. The van der Waals surface area contributed by atoms with Gasteiger partial charge >= 0.3 is 0 Å². The van der Waals surface area contributed by atoms with Crippen molar-refractivity contribution in [3.8, 4) is 5.75 Å². The van der Waals surface area contributed by atoms with Gasteiger partial charge < -0.3 is 10.1 Å². The number of hydrogen-bond acceptors (Lipinski definition) is 2. The number of hydrogen-bond donors (Lipinski definition) is 1. The molecule has 0 saturated carbocycles. The number of nitrogens with one attached hydrogen (secondary N) is 1. The van der Waals surface area contributed by atoms with Crippen LogP contribution in [0.2, 0.25) is 0 Å². The van der Waals surface area contributed by atoms with E-state index in [-0.39, 0.29) is 0 Å². The van der Waals surface area contributed by atoms with Crippen LogP contribution >= 0.6 is 0 Å². The van der Waals surface area contributed by atoms with Crippen molar-refractivity contribution in [2.24, 2.45) is 5.92 Å². The zero-order chi connectivity index (χ0) is 12.4. The molecule has 94 valence electrons. The Labute approximate surface area is 104 Å². The second-order valence-corrected chi connectivity index (χ2v) is 5.33. The van der Waals surface area contributed by atoms with E-state index in [4.69, 9.17) is 4.74 Å². The molecule has 0 aromatic heterocycles. The average Bonchev–Trinajstić information content (AvgIpc) is 2.32. The van der Waals surface area contributed by atoms with Crippen LogP contribution in [0.4, 0.5) is 0 Å². The topological polar surface area (TPSA) is 21.3 Å². The van der Waals surface area contributed by atoms with Crippen molar-refractivity contribution in [1.82, 2.24) is 5.32 Å². The van der Waals surface area contributed by atoms with Gasteiger partial charge in [0.05, 0.1) is 7.11 Å². The first-order valence-corrected chi connectivity index (χ1v) is 6.48. The van der Waals surface area contributed by atoms with Crippen LogP contribution in [0.25, 0.3) is 0 Å². The zero-order valence-electron chi connectivity index (χ0n) is 11.3. The summed E-state index contributed by atoms with van der Waals surface area (Å²) >= 11 is 0. The van der Waals surface area contributed by atoms with Gasteiger partial charge in [0.1, 0.15) is 5.75 Å². The molecule has 0 amide bonds. The first-order valence-electron chi connectivity index (χ1n) is 6.48. The highest BCUT2D eigenvalue weighted by Crippen LogP contribution is 2.35. The molecule has 2 rings (SSSR count). The highest BCUT2D eigenvalue weighted by molar-refractivity contribution is 5.47. The van der Waals surface area contributed by atoms with Crippen LogP contribution in [-0.4, -0.2) is 20.2 Å². The largest absolute Gasteiger partial charge is 0.496 e. The summed E-state index contributed by atoms with van der Waals surface area (Å²) < 4.78 is 5.62. The Balaban J connectivity index is 2.34. The Morgan fingerprint density at radius 2 is 2.00 bits per heavy atom. The van der Waals surface area contributed by atoms with E-state index in [9.17, 15) is 0 Å². The summed E-state index contributed by atoms with van der Waals surface area (Å²) in [4.78, 5) is 0. The predicted molar refractivity (Wildman–Crippen MR) is 71.9 cm³/mol. The Hall–Kier alpha value is -1.02. The molecule has 2 atom stereocenters. The lowest BCUT2D eigenvalue weighted by Crippen LogP contribution is -2.34. The monoisotopic (exact) mass is 233 g/mol. The van der Waals surface area contributed by atoms with Crippen LogP contribution < -0.4 is 10.1 Å². The van der Waals surface area contributed by atoms with Crippen LogP contribution in [0.3, 0.4) is 0 Å². The Kier molecular flexibility index (Phi) is 3.72. The van der Waals surface area contributed by atoms with Crippen molar-refractivity contribution in [3.05, 3.63) is 28.8 Å². The number of benzene rings is 1. The van der Waals surface area contributed by atoms with Crippen molar-refractivity contribution in [2.45, 2.75) is 33.1 Å². The predicted octanol–water partition coefficient (Wildman–Crippen LogP) is 3.03. The standard InChI is InChI=1S/C15H23NO/c1-10-7-13(9-16-8-10)14-6-5-11(2)12(3)15(14)17-4/h5-6,10,13,16H,7-9H2,1-4H3. The summed E-state index contributed by atoms with van der Waals surface area (Å²) in [6.45, 7) is 8.82. The molecule has 0 aliphatic carbocycles. The average molecular weight is 233 g/mol. The minimum atomic E-state index is 0.591. The molecule has 1 heterocycles. The van der Waals surface area contributed by atoms with E-state index in [1.807, 2.05) is 0 Å². The molecule has 1 aromatic rings. The van der Waals surface area contributed by atoms with Crippen LogP contribution in [0, 0.1) is 19.8 Å². The fraction of sp³-hybridized carbons (Fsp3) is 0.600. The van der Waals surface area contributed by atoms with Gasteiger partial charge in [-0.1, -0.05) is 19.1 Å². The molecule has 1 aliphatic heterocycles. The van der Waals surface area contributed by atoms with Crippen molar-refractivity contribution < 1.29 is 4.74 Å². The SMILES string of the molecule is COc1c(C2CNCC(C)C2)ccc(C)c1C. The van der Waals surface area contributed by atoms with E-state index in [1.165, 1.54) is 23.1 Å². The van der Waals surface area contributed by atoms with E-state index in [1.54, 1.807) is 7.11 Å². The number of ether oxygens (including phenoxy) is 1. The Morgan fingerprint density at radius 1 is 1.24 bits per heavy atom. The van der Waals surface area contributed by atoms with E-state index in [2.05, 4.69) is 38.2 Å². The van der Waals surface area contributed by atoms with E-state index in [0.717, 1.165) is 24.8 Å². The van der Waals surface area contributed by atoms with E-state index < -0.39 is 0 Å². The second-order valence-electron chi connectivity index (χ2n) is 5.33. The smallest absolute Gasteiger partial charge is 0.125 e. The van der Waals surface area contributed by atoms with Gasteiger partial charge in [0.15, 0.2) is 0 Å². The third kappa shape index (κ3) is 2.47. The third-order valence-electron chi connectivity index (χ3n) is 3.92. The Bertz CT molecular complexity index is 400. The molecule has 2 heteroatoms. The molecule has 1 aromatic carbocycles. The highest BCUT2D eigenvalue weighted by Gasteiger charge is 2.23. The van der Waals surface area contributed by atoms with E-state index in [0.29, 0.717) is 5.92 Å². The minimum Gasteiger partial charge on any atom is -0.496 e. The lowest BCUT2D eigenvalue weighted by molar-refractivity contribution is 0.348. The summed E-state index contributed by atoms with van der Waals surface area (Å²) in [7, 11) is 1.78. The maximum absolute atomic E-state index is 5.62. The first-order chi connectivity index (χ1) is 8.13. The summed E-state index contributed by atoms with van der Waals surface area (Å²) in [5, 5.41) is 3.51. The maximum Gasteiger partial charge on any atom is 0.125 e. The van der Waals surface area contributed by atoms with Crippen molar-refractivity contribution >= 4 is 0 Å². The van der Waals surface area contributed by atoms with Crippen LogP contribution in [0.1, 0.15) is 36.0 Å². The molecule has 2 unspecified atom stereocenters. The minimum absolute atomic E-state index is 0.591. The molecular formula is C15H23NO. The van der Waals surface area contributed by atoms with Crippen LogP contribution in [-0.2, 0) is 0 Å². The van der Waals surface area contributed by atoms with Gasteiger partial charge in [-0.25, -0.2) is 0 Å². The molecule has 1 aliphatic rings. The molecule has 1 fully saturated rings. The van der Waals surface area contributed by atoms with E-state index >= 15 is 0 Å². The number of piperidine rings is 1. The number of methoxy groups -OCH3 is 1. The van der Waals surface area contributed by atoms with Gasteiger partial charge in [0.25, 0.3) is 0 Å². The molecule has 1 saturated heterocycles. The normalized spacial score (nSPS) is 24.7. The molecule has 17 heavy (non-hydrogen) atoms. The zero-order valence-corrected chi connectivity index (χ0v) is 11.3. The molecular weight excluding hydrogens is 210 g/mol. The van der Waals surface area contributed by atoms with Crippen molar-refractivity contribution in [1.29, 1.82) is 0 Å². The quantitative estimate of drug-likeness (QED) is 0.848. The summed E-state index contributed by atoms with van der Waals surface area (Å²) in [6, 6.07) is 4.46. The van der Waals surface area contributed by atoms with Gasteiger partial charge in [-0.3, -0.25) is 0 Å². The van der Waals surface area contributed by atoms with Crippen LogP contribution in [0.5, 0.6) is 5.75 Å². The summed E-state index contributed by atoms with van der Waals surface area (Å²) in [5.41, 5.74) is 3.96. The highest BCUT2D eigenvalue weighted by atomic mass is 16.5. The van der Waals surface area contributed by atoms with Crippen LogP contribution in [0.15, 0.2) is 12.1 Å². The molecule has 1 N–H and O–H groups in total. The molecule has 0 radical (unpaired) electrons. The second kappa shape index (κ2) is 5.09. The van der Waals surface area contributed by atoms with Crippen molar-refractivity contribution in [2.75, 3.05) is 20.2 Å². The van der Waals surface area contributed by atoms with Gasteiger partial charge in [0, 0.05) is 12.5 Å². The third-order valence-corrected chi connectivity index (χ3v) is 3.92. The summed E-state index contributed by atoms with van der Waals surface area (Å²) in [6.07, 6.45) is 1.26. The van der Waals surface area contributed by atoms with Gasteiger partial charge in [-0.05, 0) is 49.4 Å².